The zero-order chi connectivity index (χ0) is 21.2. The molecule has 2 aliphatic heterocycles. The van der Waals surface area contributed by atoms with E-state index in [2.05, 4.69) is 19.2 Å². The average molecular weight is 423 g/mol. The molecule has 3 rings (SSSR count). The zero-order valence-electron chi connectivity index (χ0n) is 17.7. The lowest BCUT2D eigenvalue weighted by Crippen LogP contribution is -2.48. The number of carbonyl (C=O) groups is 1. The molecule has 0 spiro atoms. The van der Waals surface area contributed by atoms with Crippen LogP contribution in [0.15, 0.2) is 35.2 Å². The van der Waals surface area contributed by atoms with Crippen LogP contribution < -0.4 is 11.1 Å². The molecule has 0 aliphatic carbocycles. The van der Waals surface area contributed by atoms with Gasteiger partial charge >= 0.3 is 0 Å². The first-order valence-corrected chi connectivity index (χ1v) is 12.0. The Morgan fingerprint density at radius 2 is 1.83 bits per heavy atom. The Kier molecular flexibility index (Phi) is 6.67. The van der Waals surface area contributed by atoms with Crippen LogP contribution in [0, 0.1) is 11.8 Å². The summed E-state index contributed by atoms with van der Waals surface area (Å²) in [5, 5.41) is 3.26. The molecule has 1 amide bonds. The highest BCUT2D eigenvalue weighted by atomic mass is 32.2. The van der Waals surface area contributed by atoms with Gasteiger partial charge in [0.05, 0.1) is 10.4 Å². The van der Waals surface area contributed by atoms with Crippen molar-refractivity contribution in [2.24, 2.45) is 17.6 Å². The van der Waals surface area contributed by atoms with Gasteiger partial charge in [-0.3, -0.25) is 15.8 Å². The summed E-state index contributed by atoms with van der Waals surface area (Å²) in [6.07, 6.45) is 2.76. The van der Waals surface area contributed by atoms with E-state index in [-0.39, 0.29) is 5.91 Å². The van der Waals surface area contributed by atoms with Crippen LogP contribution in [-0.2, 0) is 14.8 Å². The summed E-state index contributed by atoms with van der Waals surface area (Å²) in [5.74, 6) is 0.872. The molecule has 2 unspecified atom stereocenters. The van der Waals surface area contributed by atoms with E-state index in [4.69, 9.17) is 5.73 Å². The molecule has 0 saturated carbocycles. The fourth-order valence-electron chi connectivity index (χ4n) is 4.61. The van der Waals surface area contributed by atoms with Crippen molar-refractivity contribution < 1.29 is 13.2 Å². The number of amides is 1. The average Bonchev–Trinajstić information content (AvgIpc) is 2.88. The molecular formula is C21H34N4O3S. The lowest BCUT2D eigenvalue weighted by atomic mass is 9.90. The summed E-state index contributed by atoms with van der Waals surface area (Å²) in [6.45, 7) is 7.78. The maximum Gasteiger partial charge on any atom is 0.244 e. The van der Waals surface area contributed by atoms with Crippen LogP contribution in [0.5, 0.6) is 0 Å². The number of piperidine rings is 1. The lowest BCUT2D eigenvalue weighted by molar-refractivity contribution is -0.133. The van der Waals surface area contributed by atoms with Gasteiger partial charge in [0.15, 0.2) is 0 Å². The minimum Gasteiger partial charge on any atom is -0.313 e. The van der Waals surface area contributed by atoms with E-state index >= 15 is 0 Å². The predicted molar refractivity (Wildman–Crippen MR) is 113 cm³/mol. The molecule has 2 saturated heterocycles. The first-order chi connectivity index (χ1) is 13.6. The number of hydrogen-bond donors (Lipinski definition) is 2. The summed E-state index contributed by atoms with van der Waals surface area (Å²) in [5.41, 5.74) is 5.59. The van der Waals surface area contributed by atoms with Gasteiger partial charge in [-0.2, -0.15) is 4.31 Å². The molecule has 0 radical (unpaired) electrons. The standard InChI is InChI=1S/C21H34N4O3S/c1-16(2)15-21(3)19(26)25(20(22)23-21)14-11-17-9-12-24(13-10-17)29(27,28)18-7-5-4-6-8-18/h4-8,16-17,20,23H,9-15,22H2,1-3H3. The second-order valence-electron chi connectivity index (χ2n) is 8.97. The highest BCUT2D eigenvalue weighted by Crippen LogP contribution is 2.29. The maximum absolute atomic E-state index is 12.9. The van der Waals surface area contributed by atoms with Gasteiger partial charge in [0.2, 0.25) is 15.9 Å². The van der Waals surface area contributed by atoms with Crippen LogP contribution in [-0.4, -0.2) is 55.0 Å². The molecule has 1 aromatic carbocycles. The lowest BCUT2D eigenvalue weighted by Gasteiger charge is -2.32. The smallest absolute Gasteiger partial charge is 0.244 e. The minimum absolute atomic E-state index is 0.0720. The quantitative estimate of drug-likeness (QED) is 0.700. The molecule has 0 bridgehead atoms. The van der Waals surface area contributed by atoms with Gasteiger partial charge in [-0.1, -0.05) is 32.0 Å². The fraction of sp³-hybridized carbons (Fsp3) is 0.667. The number of rotatable bonds is 7. The third-order valence-corrected chi connectivity index (χ3v) is 8.00. The van der Waals surface area contributed by atoms with Crippen LogP contribution in [0.2, 0.25) is 0 Å². The number of benzene rings is 1. The Hall–Kier alpha value is -1.48. The topological polar surface area (TPSA) is 95.7 Å². The highest BCUT2D eigenvalue weighted by molar-refractivity contribution is 7.89. The summed E-state index contributed by atoms with van der Waals surface area (Å²) in [4.78, 5) is 15.0. The second-order valence-corrected chi connectivity index (χ2v) is 10.9. The van der Waals surface area contributed by atoms with E-state index in [1.165, 1.54) is 0 Å². The summed E-state index contributed by atoms with van der Waals surface area (Å²) in [6, 6.07) is 8.59. The fourth-order valence-corrected chi connectivity index (χ4v) is 6.10. The van der Waals surface area contributed by atoms with Crippen molar-refractivity contribution in [2.45, 2.75) is 63.2 Å². The van der Waals surface area contributed by atoms with E-state index in [0.29, 0.717) is 36.4 Å². The van der Waals surface area contributed by atoms with Crippen LogP contribution in [0.4, 0.5) is 0 Å². The number of nitrogens with zero attached hydrogens (tertiary/aromatic N) is 2. The van der Waals surface area contributed by atoms with Crippen molar-refractivity contribution >= 4 is 15.9 Å². The normalized spacial score (nSPS) is 27.1. The summed E-state index contributed by atoms with van der Waals surface area (Å²) >= 11 is 0. The van der Waals surface area contributed by atoms with Crippen LogP contribution in [0.1, 0.15) is 46.5 Å². The molecule has 2 fully saturated rings. The summed E-state index contributed by atoms with van der Waals surface area (Å²) in [7, 11) is -3.42. The van der Waals surface area contributed by atoms with Crippen molar-refractivity contribution in [3.8, 4) is 0 Å². The van der Waals surface area contributed by atoms with Crippen LogP contribution in [0.3, 0.4) is 0 Å². The Balaban J connectivity index is 1.52. The number of nitrogens with two attached hydrogens (primary N) is 1. The molecular weight excluding hydrogens is 388 g/mol. The molecule has 3 N–H and O–H groups in total. The van der Waals surface area contributed by atoms with Gasteiger partial charge in [-0.25, -0.2) is 8.42 Å². The molecule has 1 aromatic rings. The predicted octanol–water partition coefficient (Wildman–Crippen LogP) is 1.96. The first kappa shape index (κ1) is 22.2. The first-order valence-electron chi connectivity index (χ1n) is 10.5. The molecule has 7 nitrogen and oxygen atoms in total. The third kappa shape index (κ3) is 4.82. The molecule has 2 aliphatic rings. The Morgan fingerprint density at radius 3 is 2.41 bits per heavy atom. The van der Waals surface area contributed by atoms with Gasteiger partial charge in [-0.05, 0) is 56.6 Å². The molecule has 162 valence electrons. The third-order valence-electron chi connectivity index (χ3n) is 6.08. The van der Waals surface area contributed by atoms with Crippen LogP contribution in [0.25, 0.3) is 0 Å². The SMILES string of the molecule is CC(C)CC1(C)NC(N)N(CCC2CCN(S(=O)(=O)c3ccccc3)CC2)C1=O. The molecule has 8 heteroatoms. The van der Waals surface area contributed by atoms with Gasteiger partial charge in [-0.15, -0.1) is 0 Å². The zero-order valence-corrected chi connectivity index (χ0v) is 18.5. The van der Waals surface area contributed by atoms with E-state index in [9.17, 15) is 13.2 Å². The molecule has 2 heterocycles. The van der Waals surface area contributed by atoms with Gasteiger partial charge in [0.25, 0.3) is 0 Å². The number of nitrogens with one attached hydrogen (secondary N) is 1. The number of sulfonamides is 1. The van der Waals surface area contributed by atoms with E-state index in [1.54, 1.807) is 33.5 Å². The highest BCUT2D eigenvalue weighted by Gasteiger charge is 2.46. The second kappa shape index (κ2) is 8.71. The van der Waals surface area contributed by atoms with Crippen molar-refractivity contribution in [3.63, 3.8) is 0 Å². The summed E-state index contributed by atoms with van der Waals surface area (Å²) < 4.78 is 27.1. The largest absolute Gasteiger partial charge is 0.313 e. The van der Waals surface area contributed by atoms with E-state index in [0.717, 1.165) is 25.7 Å². The van der Waals surface area contributed by atoms with E-state index < -0.39 is 21.9 Å². The molecule has 2 atom stereocenters. The number of carbonyl (C=O) groups excluding carboxylic acids is 1. The van der Waals surface area contributed by atoms with Gasteiger partial charge < -0.3 is 4.90 Å². The minimum atomic E-state index is -3.42. The number of hydrogen-bond acceptors (Lipinski definition) is 5. The van der Waals surface area contributed by atoms with Crippen molar-refractivity contribution in [1.82, 2.24) is 14.5 Å². The molecule has 0 aromatic heterocycles. The van der Waals surface area contributed by atoms with Crippen molar-refractivity contribution in [3.05, 3.63) is 30.3 Å². The van der Waals surface area contributed by atoms with E-state index in [1.807, 2.05) is 13.0 Å². The maximum atomic E-state index is 12.9. The Labute approximate surface area is 174 Å². The van der Waals surface area contributed by atoms with Gasteiger partial charge in [0, 0.05) is 19.6 Å². The van der Waals surface area contributed by atoms with Crippen molar-refractivity contribution in [2.75, 3.05) is 19.6 Å². The van der Waals surface area contributed by atoms with Crippen molar-refractivity contribution in [1.29, 1.82) is 0 Å². The monoisotopic (exact) mass is 422 g/mol. The van der Waals surface area contributed by atoms with Gasteiger partial charge in [0.1, 0.15) is 6.29 Å². The Bertz CT molecular complexity index is 806. The van der Waals surface area contributed by atoms with Crippen LogP contribution >= 0.6 is 0 Å². The molecule has 29 heavy (non-hydrogen) atoms. The Morgan fingerprint density at radius 1 is 1.21 bits per heavy atom.